The van der Waals surface area contributed by atoms with Crippen LogP contribution in [0.1, 0.15) is 19.8 Å². The van der Waals surface area contributed by atoms with Gasteiger partial charge in [0.1, 0.15) is 0 Å². The fourth-order valence-electron chi connectivity index (χ4n) is 1.12. The van der Waals surface area contributed by atoms with Crippen LogP contribution in [-0.2, 0) is 4.74 Å². The summed E-state index contributed by atoms with van der Waals surface area (Å²) in [4.78, 5) is 10.6. The van der Waals surface area contributed by atoms with Crippen LogP contribution in [-0.4, -0.2) is 30.0 Å². The predicted molar refractivity (Wildman–Crippen MR) is 39.2 cm³/mol. The van der Waals surface area contributed by atoms with E-state index < -0.39 is 12.2 Å². The molecule has 1 heterocycles. The molecule has 1 aliphatic heterocycles. The van der Waals surface area contributed by atoms with Gasteiger partial charge < -0.3 is 15.2 Å². The molecular formula is C7H13NO3. The molecule has 64 valence electrons. The minimum atomic E-state index is -0.442. The Bertz CT molecular complexity index is 149. The second kappa shape index (κ2) is 3.57. The molecule has 4 nitrogen and oxygen atoms in total. The summed E-state index contributed by atoms with van der Waals surface area (Å²) in [5.41, 5.74) is 0. The van der Waals surface area contributed by atoms with Crippen LogP contribution in [0.15, 0.2) is 0 Å². The van der Waals surface area contributed by atoms with E-state index >= 15 is 0 Å². The summed E-state index contributed by atoms with van der Waals surface area (Å²) in [5, 5.41) is 11.9. The Kier molecular flexibility index (Phi) is 2.70. The number of ether oxygens (including phenoxy) is 1. The summed E-state index contributed by atoms with van der Waals surface area (Å²) in [7, 11) is 0. The van der Waals surface area contributed by atoms with Gasteiger partial charge >= 0.3 is 6.09 Å². The Hall–Kier alpha value is -0.770. The zero-order valence-electron chi connectivity index (χ0n) is 6.54. The highest BCUT2D eigenvalue weighted by molar-refractivity contribution is 5.68. The second-order valence-electron chi connectivity index (χ2n) is 2.65. The lowest BCUT2D eigenvalue weighted by Gasteiger charge is -2.26. The van der Waals surface area contributed by atoms with Crippen LogP contribution in [0, 0.1) is 0 Å². The standard InChI is InChI=1S/C7H13NO3/c1-2-6(9)5-3-4-11-7(10)8-5/h5-6,9H,2-4H2,1H3,(H,8,10)/t5-,6+/m1/s1. The number of aliphatic hydroxyl groups excluding tert-OH is 1. The van der Waals surface area contributed by atoms with Crippen molar-refractivity contribution >= 4 is 6.09 Å². The van der Waals surface area contributed by atoms with E-state index in [2.05, 4.69) is 10.1 Å². The van der Waals surface area contributed by atoms with Gasteiger partial charge in [-0.3, -0.25) is 0 Å². The summed E-state index contributed by atoms with van der Waals surface area (Å²) in [6, 6.07) is -0.124. The van der Waals surface area contributed by atoms with E-state index in [-0.39, 0.29) is 6.04 Å². The average molecular weight is 159 g/mol. The quantitative estimate of drug-likeness (QED) is 0.607. The van der Waals surface area contributed by atoms with Gasteiger partial charge in [0.05, 0.1) is 18.8 Å². The Morgan fingerprint density at radius 1 is 1.91 bits per heavy atom. The van der Waals surface area contributed by atoms with Crippen molar-refractivity contribution in [1.82, 2.24) is 5.32 Å². The van der Waals surface area contributed by atoms with Crippen molar-refractivity contribution in [3.8, 4) is 0 Å². The van der Waals surface area contributed by atoms with Gasteiger partial charge in [-0.05, 0) is 6.42 Å². The number of hydrogen-bond donors (Lipinski definition) is 2. The minimum Gasteiger partial charge on any atom is -0.449 e. The Morgan fingerprint density at radius 3 is 3.18 bits per heavy atom. The molecule has 1 rings (SSSR count). The van der Waals surface area contributed by atoms with E-state index in [1.165, 1.54) is 0 Å². The van der Waals surface area contributed by atoms with Crippen molar-refractivity contribution in [2.24, 2.45) is 0 Å². The first-order chi connectivity index (χ1) is 5.24. The molecule has 4 heteroatoms. The summed E-state index contributed by atoms with van der Waals surface area (Å²) in [6.45, 7) is 2.29. The molecule has 0 aliphatic carbocycles. The molecule has 0 aromatic rings. The maximum Gasteiger partial charge on any atom is 0.407 e. The van der Waals surface area contributed by atoms with Gasteiger partial charge in [0.15, 0.2) is 0 Å². The smallest absolute Gasteiger partial charge is 0.407 e. The number of aliphatic hydroxyl groups is 1. The Balaban J connectivity index is 2.39. The van der Waals surface area contributed by atoms with E-state index in [0.29, 0.717) is 19.4 Å². The SMILES string of the molecule is CC[C@H](O)[C@H]1CCOC(=O)N1. The fourth-order valence-corrected chi connectivity index (χ4v) is 1.12. The molecule has 0 unspecified atom stereocenters. The van der Waals surface area contributed by atoms with Crippen LogP contribution < -0.4 is 5.32 Å². The van der Waals surface area contributed by atoms with Crippen molar-refractivity contribution in [2.75, 3.05) is 6.61 Å². The molecule has 1 amide bonds. The molecule has 11 heavy (non-hydrogen) atoms. The zero-order chi connectivity index (χ0) is 8.27. The average Bonchev–Trinajstić information content (AvgIpc) is 2.03. The molecule has 1 saturated heterocycles. The van der Waals surface area contributed by atoms with Gasteiger partial charge in [-0.1, -0.05) is 6.92 Å². The lowest BCUT2D eigenvalue weighted by molar-refractivity contribution is 0.0632. The first-order valence-corrected chi connectivity index (χ1v) is 3.85. The molecule has 1 fully saturated rings. The maximum atomic E-state index is 10.6. The molecule has 0 spiro atoms. The minimum absolute atomic E-state index is 0.124. The largest absolute Gasteiger partial charge is 0.449 e. The van der Waals surface area contributed by atoms with Crippen molar-refractivity contribution in [2.45, 2.75) is 31.9 Å². The number of hydrogen-bond acceptors (Lipinski definition) is 3. The molecule has 0 bridgehead atoms. The molecule has 0 radical (unpaired) electrons. The number of carbonyl (C=O) groups is 1. The van der Waals surface area contributed by atoms with E-state index in [0.717, 1.165) is 0 Å². The molecule has 2 N–H and O–H groups in total. The maximum absolute atomic E-state index is 10.6. The highest BCUT2D eigenvalue weighted by atomic mass is 16.6. The van der Waals surface area contributed by atoms with Crippen molar-refractivity contribution < 1.29 is 14.6 Å². The molecule has 0 saturated carbocycles. The van der Waals surface area contributed by atoms with E-state index in [4.69, 9.17) is 0 Å². The number of alkyl carbamates (subject to hydrolysis) is 1. The summed E-state index contributed by atoms with van der Waals surface area (Å²) >= 11 is 0. The highest BCUT2D eigenvalue weighted by Gasteiger charge is 2.24. The molecule has 1 aliphatic rings. The summed E-state index contributed by atoms with van der Waals surface area (Å²) in [5.74, 6) is 0. The Labute approximate surface area is 65.5 Å². The Morgan fingerprint density at radius 2 is 2.64 bits per heavy atom. The van der Waals surface area contributed by atoms with E-state index in [1.807, 2.05) is 6.92 Å². The number of amides is 1. The van der Waals surface area contributed by atoms with Gasteiger partial charge in [0.2, 0.25) is 0 Å². The normalized spacial score (nSPS) is 27.1. The van der Waals surface area contributed by atoms with Gasteiger partial charge in [0, 0.05) is 6.42 Å². The van der Waals surface area contributed by atoms with Gasteiger partial charge in [0.25, 0.3) is 0 Å². The molecular weight excluding hydrogens is 146 g/mol. The van der Waals surface area contributed by atoms with Crippen molar-refractivity contribution in [3.05, 3.63) is 0 Å². The second-order valence-corrected chi connectivity index (χ2v) is 2.65. The molecule has 0 aromatic heterocycles. The lowest BCUT2D eigenvalue weighted by Crippen LogP contribution is -2.47. The highest BCUT2D eigenvalue weighted by Crippen LogP contribution is 2.07. The van der Waals surface area contributed by atoms with E-state index in [9.17, 15) is 9.90 Å². The number of nitrogens with one attached hydrogen (secondary N) is 1. The topological polar surface area (TPSA) is 58.6 Å². The van der Waals surface area contributed by atoms with Crippen LogP contribution in [0.2, 0.25) is 0 Å². The fraction of sp³-hybridized carbons (Fsp3) is 0.857. The third-order valence-electron chi connectivity index (χ3n) is 1.85. The van der Waals surface area contributed by atoms with Crippen molar-refractivity contribution in [3.63, 3.8) is 0 Å². The number of carbonyl (C=O) groups excluding carboxylic acids is 1. The van der Waals surface area contributed by atoms with E-state index in [1.54, 1.807) is 0 Å². The van der Waals surface area contributed by atoms with Gasteiger partial charge in [-0.15, -0.1) is 0 Å². The van der Waals surface area contributed by atoms with Crippen LogP contribution in [0.25, 0.3) is 0 Å². The van der Waals surface area contributed by atoms with Gasteiger partial charge in [-0.25, -0.2) is 4.79 Å². The third-order valence-corrected chi connectivity index (χ3v) is 1.85. The monoisotopic (exact) mass is 159 g/mol. The number of cyclic esters (lactones) is 1. The number of rotatable bonds is 2. The molecule has 0 aromatic carbocycles. The molecule has 2 atom stereocenters. The first-order valence-electron chi connectivity index (χ1n) is 3.85. The summed E-state index contributed by atoms with van der Waals surface area (Å²) in [6.07, 6.45) is 0.489. The first kappa shape index (κ1) is 8.33. The summed E-state index contributed by atoms with van der Waals surface area (Å²) < 4.78 is 4.64. The zero-order valence-corrected chi connectivity index (χ0v) is 6.54. The lowest BCUT2D eigenvalue weighted by atomic mass is 10.1. The van der Waals surface area contributed by atoms with Crippen LogP contribution in [0.5, 0.6) is 0 Å². The predicted octanol–water partition coefficient (Wildman–Crippen LogP) is 0.256. The van der Waals surface area contributed by atoms with Crippen LogP contribution >= 0.6 is 0 Å². The van der Waals surface area contributed by atoms with Crippen LogP contribution in [0.4, 0.5) is 4.79 Å². The van der Waals surface area contributed by atoms with Gasteiger partial charge in [-0.2, -0.15) is 0 Å². The van der Waals surface area contributed by atoms with Crippen LogP contribution in [0.3, 0.4) is 0 Å². The third kappa shape index (κ3) is 2.08. The van der Waals surface area contributed by atoms with Crippen molar-refractivity contribution in [1.29, 1.82) is 0 Å².